The van der Waals surface area contributed by atoms with Gasteiger partial charge in [-0.05, 0) is 29.7 Å². The minimum Gasteiger partial charge on any atom is -0.480 e. The number of nitrogens with one attached hydrogen (secondary N) is 1. The van der Waals surface area contributed by atoms with Gasteiger partial charge in [-0.2, -0.15) is 5.10 Å². The van der Waals surface area contributed by atoms with Crippen LogP contribution in [0.2, 0.25) is 0 Å². The Bertz CT molecular complexity index is 894. The molecule has 1 heterocycles. The molecule has 2 aromatic rings. The normalized spacial score (nSPS) is 17.0. The molecule has 0 saturated heterocycles. The number of anilines is 1. The average molecular weight is 394 g/mol. The van der Waals surface area contributed by atoms with Crippen LogP contribution in [0.5, 0.6) is 0 Å². The zero-order valence-corrected chi connectivity index (χ0v) is 16.9. The number of carbonyl (C=O) groups excluding carboxylic acids is 1. The van der Waals surface area contributed by atoms with Crippen LogP contribution in [-0.4, -0.2) is 54.0 Å². The van der Waals surface area contributed by atoms with Gasteiger partial charge in [-0.3, -0.25) is 14.9 Å². The summed E-state index contributed by atoms with van der Waals surface area (Å²) in [6, 6.07) is 16.5. The van der Waals surface area contributed by atoms with E-state index in [2.05, 4.69) is 10.4 Å². The lowest BCUT2D eigenvalue weighted by Crippen LogP contribution is -2.51. The predicted molar refractivity (Wildman–Crippen MR) is 113 cm³/mol. The number of benzene rings is 2. The average Bonchev–Trinajstić information content (AvgIpc) is 3.12. The number of carboxylic acids is 1. The van der Waals surface area contributed by atoms with Crippen LogP contribution in [0, 0.1) is 0 Å². The van der Waals surface area contributed by atoms with Gasteiger partial charge in [0, 0.05) is 33.1 Å². The molecular formula is C22H26N4O3. The number of amides is 1. The molecule has 0 bridgehead atoms. The molecule has 7 heteroatoms. The van der Waals surface area contributed by atoms with Crippen LogP contribution < -0.4 is 10.2 Å². The first kappa shape index (κ1) is 20.5. The summed E-state index contributed by atoms with van der Waals surface area (Å²) in [4.78, 5) is 25.9. The molecule has 1 aliphatic rings. The van der Waals surface area contributed by atoms with E-state index in [1.807, 2.05) is 73.6 Å². The molecule has 0 unspecified atom stereocenters. The number of hydrogen-bond acceptors (Lipinski definition) is 5. The summed E-state index contributed by atoms with van der Waals surface area (Å²) in [5.74, 6) is -1.19. The molecule has 7 nitrogen and oxygen atoms in total. The molecule has 152 valence electrons. The number of hydrazone groups is 1. The molecule has 0 aliphatic carbocycles. The van der Waals surface area contributed by atoms with Crippen molar-refractivity contribution in [3.05, 3.63) is 65.7 Å². The summed E-state index contributed by atoms with van der Waals surface area (Å²) < 4.78 is 0. The number of rotatable bonds is 7. The van der Waals surface area contributed by atoms with Gasteiger partial charge >= 0.3 is 5.97 Å². The molecule has 0 saturated carbocycles. The van der Waals surface area contributed by atoms with Crippen molar-refractivity contribution in [1.29, 1.82) is 0 Å². The van der Waals surface area contributed by atoms with Gasteiger partial charge in [0.25, 0.3) is 0 Å². The molecule has 2 atom stereocenters. The summed E-state index contributed by atoms with van der Waals surface area (Å²) >= 11 is 0. The maximum Gasteiger partial charge on any atom is 0.321 e. The van der Waals surface area contributed by atoms with E-state index in [0.29, 0.717) is 12.8 Å². The van der Waals surface area contributed by atoms with Crippen LogP contribution in [0.15, 0.2) is 59.7 Å². The standard InChI is InChI=1S/C22H26N4O3/c1-15(27)26-21(23-20(22(28)29)13-16-7-5-4-6-8-16)14-19(24-26)17-9-11-18(12-10-17)25(2)3/h4-12,20-21,23H,13-14H2,1-3H3,(H,28,29)/t20-,21+/m1/s1. The van der Waals surface area contributed by atoms with Crippen LogP contribution in [0.3, 0.4) is 0 Å². The lowest BCUT2D eigenvalue weighted by Gasteiger charge is -2.25. The van der Waals surface area contributed by atoms with Gasteiger partial charge in [-0.1, -0.05) is 42.5 Å². The highest BCUT2D eigenvalue weighted by atomic mass is 16.4. The third kappa shape index (κ3) is 5.00. The third-order valence-electron chi connectivity index (χ3n) is 4.92. The second-order valence-corrected chi connectivity index (χ2v) is 7.32. The topological polar surface area (TPSA) is 85.2 Å². The largest absolute Gasteiger partial charge is 0.480 e. The minimum absolute atomic E-state index is 0.230. The SMILES string of the molecule is CC(=O)N1N=C(c2ccc(N(C)C)cc2)C[C@H]1N[C@H](Cc1ccccc1)C(=O)O. The predicted octanol–water partition coefficient (Wildman–Crippen LogP) is 2.32. The van der Waals surface area contributed by atoms with Crippen molar-refractivity contribution in [2.45, 2.75) is 32.0 Å². The van der Waals surface area contributed by atoms with Gasteiger partial charge in [0.1, 0.15) is 12.2 Å². The molecule has 3 rings (SSSR count). The fourth-order valence-electron chi connectivity index (χ4n) is 3.36. The van der Waals surface area contributed by atoms with Crippen molar-refractivity contribution in [2.24, 2.45) is 5.10 Å². The first-order chi connectivity index (χ1) is 13.8. The smallest absolute Gasteiger partial charge is 0.321 e. The van der Waals surface area contributed by atoms with Gasteiger partial charge < -0.3 is 10.0 Å². The maximum atomic E-state index is 12.1. The number of aliphatic carboxylic acids is 1. The van der Waals surface area contributed by atoms with E-state index in [1.165, 1.54) is 11.9 Å². The Labute approximate surface area is 170 Å². The molecule has 0 aromatic heterocycles. The number of nitrogens with zero attached hydrogens (tertiary/aromatic N) is 3. The summed E-state index contributed by atoms with van der Waals surface area (Å²) in [5, 5.41) is 18.6. The van der Waals surface area contributed by atoms with E-state index >= 15 is 0 Å². The van der Waals surface area contributed by atoms with Crippen LogP contribution >= 0.6 is 0 Å². The summed E-state index contributed by atoms with van der Waals surface area (Å²) in [7, 11) is 3.94. The summed E-state index contributed by atoms with van der Waals surface area (Å²) in [6.45, 7) is 1.43. The second kappa shape index (κ2) is 8.87. The molecule has 0 radical (unpaired) electrons. The van der Waals surface area contributed by atoms with Gasteiger partial charge in [0.2, 0.25) is 5.91 Å². The highest BCUT2D eigenvalue weighted by Crippen LogP contribution is 2.22. The van der Waals surface area contributed by atoms with Gasteiger partial charge in [-0.15, -0.1) is 0 Å². The Hall–Kier alpha value is -3.19. The highest BCUT2D eigenvalue weighted by molar-refractivity contribution is 6.03. The van der Waals surface area contributed by atoms with Crippen LogP contribution in [0.1, 0.15) is 24.5 Å². The van der Waals surface area contributed by atoms with Crippen molar-refractivity contribution >= 4 is 23.3 Å². The Balaban J connectivity index is 1.76. The fraction of sp³-hybridized carbons (Fsp3) is 0.318. The Morgan fingerprint density at radius 3 is 2.38 bits per heavy atom. The van der Waals surface area contributed by atoms with E-state index in [0.717, 1.165) is 22.5 Å². The van der Waals surface area contributed by atoms with Crippen molar-refractivity contribution < 1.29 is 14.7 Å². The Morgan fingerprint density at radius 2 is 1.83 bits per heavy atom. The molecule has 0 spiro atoms. The monoisotopic (exact) mass is 394 g/mol. The van der Waals surface area contributed by atoms with Crippen molar-refractivity contribution in [1.82, 2.24) is 10.3 Å². The molecule has 0 fully saturated rings. The Kier molecular flexibility index (Phi) is 6.29. The van der Waals surface area contributed by atoms with Gasteiger partial charge in [0.05, 0.1) is 5.71 Å². The molecule has 1 amide bonds. The van der Waals surface area contributed by atoms with Crippen LogP contribution in [0.25, 0.3) is 0 Å². The van der Waals surface area contributed by atoms with Crippen LogP contribution in [0.4, 0.5) is 5.69 Å². The van der Waals surface area contributed by atoms with E-state index in [1.54, 1.807) is 0 Å². The molecule has 1 aliphatic heterocycles. The van der Waals surface area contributed by atoms with Crippen molar-refractivity contribution in [3.8, 4) is 0 Å². The Morgan fingerprint density at radius 1 is 1.17 bits per heavy atom. The number of carboxylic acid groups (broad SMARTS) is 1. The van der Waals surface area contributed by atoms with E-state index in [-0.39, 0.29) is 5.91 Å². The maximum absolute atomic E-state index is 12.1. The molecule has 29 heavy (non-hydrogen) atoms. The highest BCUT2D eigenvalue weighted by Gasteiger charge is 2.33. The second-order valence-electron chi connectivity index (χ2n) is 7.32. The van der Waals surface area contributed by atoms with E-state index < -0.39 is 18.2 Å². The molecular weight excluding hydrogens is 368 g/mol. The lowest BCUT2D eigenvalue weighted by molar-refractivity contribution is -0.141. The van der Waals surface area contributed by atoms with Gasteiger partial charge in [0.15, 0.2) is 0 Å². The zero-order chi connectivity index (χ0) is 21.0. The van der Waals surface area contributed by atoms with E-state index in [9.17, 15) is 14.7 Å². The first-order valence-electron chi connectivity index (χ1n) is 9.53. The quantitative estimate of drug-likeness (QED) is 0.753. The van der Waals surface area contributed by atoms with Crippen molar-refractivity contribution in [3.63, 3.8) is 0 Å². The first-order valence-corrected chi connectivity index (χ1v) is 9.53. The zero-order valence-electron chi connectivity index (χ0n) is 16.9. The van der Waals surface area contributed by atoms with E-state index in [4.69, 9.17) is 0 Å². The summed E-state index contributed by atoms with van der Waals surface area (Å²) in [6.07, 6.45) is 0.269. The lowest BCUT2D eigenvalue weighted by atomic mass is 10.0. The third-order valence-corrected chi connectivity index (χ3v) is 4.92. The number of hydrogen-bond donors (Lipinski definition) is 2. The molecule has 2 N–H and O–H groups in total. The number of carbonyl (C=O) groups is 2. The van der Waals surface area contributed by atoms with Crippen LogP contribution in [-0.2, 0) is 16.0 Å². The summed E-state index contributed by atoms with van der Waals surface area (Å²) in [5.41, 5.74) is 3.66. The fourth-order valence-corrected chi connectivity index (χ4v) is 3.36. The van der Waals surface area contributed by atoms with Crippen molar-refractivity contribution in [2.75, 3.05) is 19.0 Å². The minimum atomic E-state index is -0.957. The van der Waals surface area contributed by atoms with Gasteiger partial charge in [-0.25, -0.2) is 5.01 Å². The molecule has 2 aromatic carbocycles.